The van der Waals surface area contributed by atoms with Crippen molar-refractivity contribution < 1.29 is 5.11 Å². The van der Waals surface area contributed by atoms with Gasteiger partial charge in [0, 0.05) is 11.6 Å². The molecule has 0 fully saturated rings. The van der Waals surface area contributed by atoms with E-state index in [4.69, 9.17) is 0 Å². The zero-order valence-electron chi connectivity index (χ0n) is 11.2. The molecule has 0 atom stereocenters. The molecule has 0 saturated carbocycles. The summed E-state index contributed by atoms with van der Waals surface area (Å²) in [6.07, 6.45) is 2.00. The molecule has 2 heterocycles. The molecule has 2 aromatic heterocycles. The normalized spacial score (nSPS) is 11.5. The standard InChI is InChI=1S/C16H13N3OS/c20-10-11-5-6-13-12(7-11)8-19(18-13)9-16-17-14-3-1-2-4-15(14)21-16/h1-8,20H,9-10H2. The zero-order valence-corrected chi connectivity index (χ0v) is 12.0. The average Bonchev–Trinajstić information content (AvgIpc) is 3.08. The number of hydrogen-bond acceptors (Lipinski definition) is 4. The minimum Gasteiger partial charge on any atom is -0.392 e. The first-order valence-corrected chi connectivity index (χ1v) is 7.55. The summed E-state index contributed by atoms with van der Waals surface area (Å²) in [5.41, 5.74) is 2.88. The van der Waals surface area contributed by atoms with Crippen molar-refractivity contribution >= 4 is 32.5 Å². The fourth-order valence-electron chi connectivity index (χ4n) is 2.43. The Labute approximate surface area is 125 Å². The number of fused-ring (bicyclic) bond motifs is 2. The number of benzene rings is 2. The summed E-state index contributed by atoms with van der Waals surface area (Å²) in [6, 6.07) is 14.0. The highest BCUT2D eigenvalue weighted by Crippen LogP contribution is 2.23. The van der Waals surface area contributed by atoms with E-state index >= 15 is 0 Å². The number of rotatable bonds is 3. The van der Waals surface area contributed by atoms with Crippen LogP contribution in [-0.2, 0) is 13.2 Å². The quantitative estimate of drug-likeness (QED) is 0.631. The molecule has 0 saturated heterocycles. The summed E-state index contributed by atoms with van der Waals surface area (Å²) >= 11 is 1.70. The largest absolute Gasteiger partial charge is 0.392 e. The van der Waals surface area contributed by atoms with E-state index in [1.54, 1.807) is 11.3 Å². The Morgan fingerprint density at radius 2 is 2.00 bits per heavy atom. The summed E-state index contributed by atoms with van der Waals surface area (Å²) < 4.78 is 3.11. The second-order valence-electron chi connectivity index (χ2n) is 4.95. The maximum atomic E-state index is 9.18. The van der Waals surface area contributed by atoms with Crippen molar-refractivity contribution in [1.29, 1.82) is 0 Å². The zero-order chi connectivity index (χ0) is 14.2. The third-order valence-electron chi connectivity index (χ3n) is 3.43. The van der Waals surface area contributed by atoms with Crippen LogP contribution in [0.15, 0.2) is 48.7 Å². The van der Waals surface area contributed by atoms with Gasteiger partial charge in [-0.15, -0.1) is 11.3 Å². The minimum atomic E-state index is 0.0546. The highest BCUT2D eigenvalue weighted by atomic mass is 32.1. The second-order valence-corrected chi connectivity index (χ2v) is 6.07. The number of thiazole rings is 1. The van der Waals surface area contributed by atoms with Gasteiger partial charge in [-0.2, -0.15) is 5.10 Å². The predicted molar refractivity (Wildman–Crippen MR) is 84.4 cm³/mol. The first kappa shape index (κ1) is 12.5. The highest BCUT2D eigenvalue weighted by molar-refractivity contribution is 7.18. The Kier molecular flexibility index (Phi) is 2.94. The van der Waals surface area contributed by atoms with Crippen molar-refractivity contribution in [2.45, 2.75) is 13.2 Å². The monoisotopic (exact) mass is 295 g/mol. The van der Waals surface area contributed by atoms with Gasteiger partial charge in [0.05, 0.1) is 28.9 Å². The summed E-state index contributed by atoms with van der Waals surface area (Å²) in [6.45, 7) is 0.724. The van der Waals surface area contributed by atoms with Gasteiger partial charge in [0.15, 0.2) is 0 Å². The van der Waals surface area contributed by atoms with Crippen LogP contribution in [0.3, 0.4) is 0 Å². The molecule has 0 spiro atoms. The maximum Gasteiger partial charge on any atom is 0.115 e. The number of nitrogens with zero attached hydrogens (tertiary/aromatic N) is 3. The van der Waals surface area contributed by atoms with Crippen LogP contribution >= 0.6 is 11.3 Å². The van der Waals surface area contributed by atoms with E-state index in [9.17, 15) is 5.11 Å². The second kappa shape index (κ2) is 4.95. The van der Waals surface area contributed by atoms with E-state index in [1.807, 2.05) is 47.3 Å². The Morgan fingerprint density at radius 1 is 1.10 bits per heavy atom. The third-order valence-corrected chi connectivity index (χ3v) is 4.46. The number of aromatic nitrogens is 3. The van der Waals surface area contributed by atoms with E-state index in [1.165, 1.54) is 4.70 Å². The number of hydrogen-bond donors (Lipinski definition) is 1. The molecule has 0 aliphatic carbocycles. The molecule has 0 bridgehead atoms. The molecule has 2 aromatic carbocycles. The van der Waals surface area contributed by atoms with Crippen LogP contribution in [0.1, 0.15) is 10.6 Å². The van der Waals surface area contributed by atoms with Gasteiger partial charge in [0.1, 0.15) is 5.01 Å². The number of aliphatic hydroxyl groups is 1. The van der Waals surface area contributed by atoms with Crippen LogP contribution in [-0.4, -0.2) is 19.9 Å². The lowest BCUT2D eigenvalue weighted by Gasteiger charge is -1.95. The van der Waals surface area contributed by atoms with Crippen molar-refractivity contribution in [2.75, 3.05) is 0 Å². The molecule has 4 nitrogen and oxygen atoms in total. The van der Waals surface area contributed by atoms with Crippen LogP contribution in [0.5, 0.6) is 0 Å². The molecule has 0 amide bonds. The minimum absolute atomic E-state index is 0.0546. The fraction of sp³-hybridized carbons (Fsp3) is 0.125. The molecule has 4 aromatic rings. The molecule has 5 heteroatoms. The van der Waals surface area contributed by atoms with Crippen LogP contribution < -0.4 is 0 Å². The Hall–Kier alpha value is -2.24. The van der Waals surface area contributed by atoms with Crippen LogP contribution in [0.25, 0.3) is 21.1 Å². The molecule has 21 heavy (non-hydrogen) atoms. The highest BCUT2D eigenvalue weighted by Gasteiger charge is 2.06. The van der Waals surface area contributed by atoms with Gasteiger partial charge in [0.25, 0.3) is 0 Å². The van der Waals surface area contributed by atoms with Gasteiger partial charge in [-0.3, -0.25) is 4.68 Å². The molecule has 0 radical (unpaired) electrons. The molecule has 0 aliphatic heterocycles. The van der Waals surface area contributed by atoms with Crippen molar-refractivity contribution in [3.8, 4) is 0 Å². The lowest BCUT2D eigenvalue weighted by molar-refractivity contribution is 0.282. The van der Waals surface area contributed by atoms with Crippen LogP contribution in [0.2, 0.25) is 0 Å². The van der Waals surface area contributed by atoms with E-state index in [0.29, 0.717) is 6.54 Å². The summed E-state index contributed by atoms with van der Waals surface area (Å²) in [5.74, 6) is 0. The lowest BCUT2D eigenvalue weighted by Crippen LogP contribution is -1.98. The Balaban J connectivity index is 1.69. The first-order chi connectivity index (χ1) is 10.3. The van der Waals surface area contributed by atoms with E-state index in [0.717, 1.165) is 27.0 Å². The summed E-state index contributed by atoms with van der Waals surface area (Å²) in [5, 5.41) is 15.8. The summed E-state index contributed by atoms with van der Waals surface area (Å²) in [7, 11) is 0. The van der Waals surface area contributed by atoms with Crippen molar-refractivity contribution in [3.63, 3.8) is 0 Å². The van der Waals surface area contributed by atoms with E-state index in [2.05, 4.69) is 16.1 Å². The molecule has 104 valence electrons. The predicted octanol–water partition coefficient (Wildman–Crippen LogP) is 3.19. The van der Waals surface area contributed by atoms with E-state index < -0.39 is 0 Å². The molecule has 0 aliphatic rings. The van der Waals surface area contributed by atoms with Crippen molar-refractivity contribution in [1.82, 2.24) is 14.8 Å². The smallest absolute Gasteiger partial charge is 0.115 e. The lowest BCUT2D eigenvalue weighted by atomic mass is 10.2. The fourth-order valence-corrected chi connectivity index (χ4v) is 3.39. The van der Waals surface area contributed by atoms with E-state index in [-0.39, 0.29) is 6.61 Å². The molecule has 1 N–H and O–H groups in total. The SMILES string of the molecule is OCc1ccc2nn(Cc3nc4ccccc4s3)cc2c1. The van der Waals surface area contributed by atoms with Gasteiger partial charge in [-0.25, -0.2) is 4.98 Å². The van der Waals surface area contributed by atoms with Crippen molar-refractivity contribution in [2.24, 2.45) is 0 Å². The molecule has 4 rings (SSSR count). The van der Waals surface area contributed by atoms with Crippen LogP contribution in [0.4, 0.5) is 0 Å². The number of para-hydroxylation sites is 1. The molecular weight excluding hydrogens is 282 g/mol. The third kappa shape index (κ3) is 2.30. The van der Waals surface area contributed by atoms with Gasteiger partial charge < -0.3 is 5.11 Å². The number of aliphatic hydroxyl groups excluding tert-OH is 1. The van der Waals surface area contributed by atoms with Crippen molar-refractivity contribution in [3.05, 3.63) is 59.2 Å². The summed E-state index contributed by atoms with van der Waals surface area (Å²) in [4.78, 5) is 4.63. The van der Waals surface area contributed by atoms with Gasteiger partial charge in [0.2, 0.25) is 0 Å². The first-order valence-electron chi connectivity index (χ1n) is 6.73. The van der Waals surface area contributed by atoms with Gasteiger partial charge >= 0.3 is 0 Å². The topological polar surface area (TPSA) is 50.9 Å². The average molecular weight is 295 g/mol. The van der Waals surface area contributed by atoms with Crippen LogP contribution in [0, 0.1) is 0 Å². The molecular formula is C16H13N3OS. The molecule has 0 unspecified atom stereocenters. The Morgan fingerprint density at radius 3 is 2.86 bits per heavy atom. The maximum absolute atomic E-state index is 9.18. The Bertz CT molecular complexity index is 892. The van der Waals surface area contributed by atoms with Gasteiger partial charge in [-0.1, -0.05) is 18.2 Å². The van der Waals surface area contributed by atoms with Gasteiger partial charge in [-0.05, 0) is 29.8 Å².